The maximum Gasteiger partial charge on any atom is 0.310 e. The third kappa shape index (κ3) is 5.07. The lowest BCUT2D eigenvalue weighted by Gasteiger charge is -2.23. The smallest absolute Gasteiger partial charge is 0.310 e. The van der Waals surface area contributed by atoms with E-state index >= 15 is 0 Å². The van der Waals surface area contributed by atoms with Gasteiger partial charge in [-0.3, -0.25) is 9.79 Å². The van der Waals surface area contributed by atoms with Gasteiger partial charge in [-0.25, -0.2) is 0 Å². The first-order valence-corrected chi connectivity index (χ1v) is 8.51. The Morgan fingerprint density at radius 1 is 1.57 bits per heavy atom. The van der Waals surface area contributed by atoms with Gasteiger partial charge in [0.15, 0.2) is 5.96 Å². The number of halogens is 1. The van der Waals surface area contributed by atoms with Crippen LogP contribution in [-0.2, 0) is 9.53 Å². The second kappa shape index (κ2) is 9.46. The van der Waals surface area contributed by atoms with Crippen molar-refractivity contribution in [2.45, 2.75) is 19.8 Å². The highest BCUT2D eigenvalue weighted by Gasteiger charge is 2.36. The summed E-state index contributed by atoms with van der Waals surface area (Å²) < 4.78 is 4.89. The number of nitrogens with one attached hydrogen (secondary N) is 1. The van der Waals surface area contributed by atoms with Crippen LogP contribution in [0, 0.1) is 11.8 Å². The van der Waals surface area contributed by atoms with Gasteiger partial charge in [-0.1, -0.05) is 19.9 Å². The Morgan fingerprint density at radius 3 is 2.87 bits per heavy atom. The van der Waals surface area contributed by atoms with Gasteiger partial charge in [-0.15, -0.1) is 35.3 Å². The van der Waals surface area contributed by atoms with Crippen molar-refractivity contribution in [1.29, 1.82) is 0 Å². The normalized spacial score (nSPS) is 22.4. The Labute approximate surface area is 159 Å². The van der Waals surface area contributed by atoms with Gasteiger partial charge in [0.2, 0.25) is 0 Å². The maximum absolute atomic E-state index is 11.8. The number of ether oxygens (including phenoxy) is 1. The fourth-order valence-corrected chi connectivity index (χ4v) is 3.63. The quantitative estimate of drug-likeness (QED) is 0.331. The highest BCUT2D eigenvalue weighted by molar-refractivity contribution is 14.0. The summed E-state index contributed by atoms with van der Waals surface area (Å²) in [7, 11) is 3.24. The van der Waals surface area contributed by atoms with E-state index in [0.717, 1.165) is 19.0 Å². The maximum atomic E-state index is 11.8. The molecule has 1 N–H and O–H groups in total. The summed E-state index contributed by atoms with van der Waals surface area (Å²) in [5.74, 6) is 1.38. The van der Waals surface area contributed by atoms with Gasteiger partial charge in [0.05, 0.1) is 13.0 Å². The van der Waals surface area contributed by atoms with Crippen molar-refractivity contribution < 1.29 is 9.53 Å². The first-order valence-electron chi connectivity index (χ1n) is 7.63. The fraction of sp³-hybridized carbons (Fsp3) is 0.625. The van der Waals surface area contributed by atoms with Gasteiger partial charge in [0.25, 0.3) is 0 Å². The average molecular weight is 451 g/mol. The highest BCUT2D eigenvalue weighted by atomic mass is 127. The molecule has 0 aromatic carbocycles. The second-order valence-electron chi connectivity index (χ2n) is 5.86. The molecule has 3 unspecified atom stereocenters. The number of carbonyl (C=O) groups is 1. The summed E-state index contributed by atoms with van der Waals surface area (Å²) in [6.07, 6.45) is 0. The number of aliphatic imine (C=N–C) groups is 1. The summed E-state index contributed by atoms with van der Waals surface area (Å²) in [6, 6.07) is 4.24. The number of hydrogen-bond acceptors (Lipinski definition) is 4. The minimum Gasteiger partial charge on any atom is -0.469 e. The Morgan fingerprint density at radius 2 is 2.30 bits per heavy atom. The van der Waals surface area contributed by atoms with Crippen molar-refractivity contribution in [2.24, 2.45) is 16.8 Å². The van der Waals surface area contributed by atoms with Crippen LogP contribution in [0.25, 0.3) is 0 Å². The van der Waals surface area contributed by atoms with Gasteiger partial charge in [-0.05, 0) is 17.4 Å². The van der Waals surface area contributed by atoms with Crippen LogP contribution in [0.5, 0.6) is 0 Å². The van der Waals surface area contributed by atoms with Crippen LogP contribution in [0.1, 0.15) is 24.6 Å². The molecule has 23 heavy (non-hydrogen) atoms. The number of carbonyl (C=O) groups excluding carboxylic acids is 1. The topological polar surface area (TPSA) is 53.9 Å². The van der Waals surface area contributed by atoms with Crippen LogP contribution in [0.15, 0.2) is 22.5 Å². The molecule has 130 valence electrons. The van der Waals surface area contributed by atoms with E-state index in [2.05, 4.69) is 46.6 Å². The molecular weight excluding hydrogens is 425 g/mol. The van der Waals surface area contributed by atoms with E-state index in [1.54, 1.807) is 18.4 Å². The van der Waals surface area contributed by atoms with Crippen molar-refractivity contribution in [3.05, 3.63) is 22.4 Å². The number of rotatable bonds is 4. The molecule has 1 fully saturated rings. The Balaban J connectivity index is 0.00000264. The zero-order chi connectivity index (χ0) is 16.1. The molecule has 0 saturated carbocycles. The van der Waals surface area contributed by atoms with E-state index in [9.17, 15) is 4.79 Å². The van der Waals surface area contributed by atoms with Gasteiger partial charge in [0, 0.05) is 37.5 Å². The van der Waals surface area contributed by atoms with Crippen LogP contribution >= 0.6 is 35.3 Å². The van der Waals surface area contributed by atoms with E-state index in [4.69, 9.17) is 4.74 Å². The molecule has 7 heteroatoms. The highest BCUT2D eigenvalue weighted by Crippen LogP contribution is 2.24. The molecule has 2 rings (SSSR count). The first-order chi connectivity index (χ1) is 10.6. The van der Waals surface area contributed by atoms with Gasteiger partial charge >= 0.3 is 5.97 Å². The Bertz CT molecular complexity index is 521. The molecule has 1 saturated heterocycles. The number of esters is 1. The molecule has 2 heterocycles. The molecule has 1 aliphatic heterocycles. The predicted octanol–water partition coefficient (Wildman–Crippen LogP) is 2.79. The average Bonchev–Trinajstić information content (AvgIpc) is 3.17. The third-order valence-corrected chi connectivity index (χ3v) is 5.33. The molecule has 1 aliphatic rings. The van der Waals surface area contributed by atoms with Crippen LogP contribution in [0.2, 0.25) is 0 Å². The van der Waals surface area contributed by atoms with Crippen LogP contribution in [-0.4, -0.2) is 50.6 Å². The van der Waals surface area contributed by atoms with Crippen molar-refractivity contribution in [3.63, 3.8) is 0 Å². The molecule has 0 spiro atoms. The molecular formula is C16H26IN3O2S. The van der Waals surface area contributed by atoms with Crippen molar-refractivity contribution in [1.82, 2.24) is 10.2 Å². The standard InChI is InChI=1S/C16H25N3O2S.HI/c1-11(14-6-5-7-22-14)8-18-16(17-3)19-9-12(2)13(10-19)15(20)21-4;/h5-7,11-13H,8-10H2,1-4H3,(H,17,18);1H. The van der Waals surface area contributed by atoms with E-state index in [1.807, 2.05) is 0 Å². The molecule has 0 amide bonds. The summed E-state index contributed by atoms with van der Waals surface area (Å²) in [5.41, 5.74) is 0. The van der Waals surface area contributed by atoms with Crippen LogP contribution in [0.4, 0.5) is 0 Å². The summed E-state index contributed by atoms with van der Waals surface area (Å²) >= 11 is 1.78. The fourth-order valence-electron chi connectivity index (χ4n) is 2.85. The number of hydrogen-bond donors (Lipinski definition) is 1. The number of thiophene rings is 1. The molecule has 0 radical (unpaired) electrons. The molecule has 1 aromatic heterocycles. The summed E-state index contributed by atoms with van der Waals surface area (Å²) in [5, 5.41) is 5.53. The van der Waals surface area contributed by atoms with E-state index in [1.165, 1.54) is 12.0 Å². The van der Waals surface area contributed by atoms with Gasteiger partial charge < -0.3 is 15.0 Å². The van der Waals surface area contributed by atoms with Gasteiger partial charge in [-0.2, -0.15) is 0 Å². The lowest BCUT2D eigenvalue weighted by molar-refractivity contribution is -0.145. The zero-order valence-corrected chi connectivity index (χ0v) is 17.3. The Hall–Kier alpha value is -0.830. The zero-order valence-electron chi connectivity index (χ0n) is 14.1. The lowest BCUT2D eigenvalue weighted by atomic mass is 9.99. The number of nitrogens with zero attached hydrogens (tertiary/aromatic N) is 2. The molecule has 1 aromatic rings. The van der Waals surface area contributed by atoms with Gasteiger partial charge in [0.1, 0.15) is 0 Å². The van der Waals surface area contributed by atoms with Crippen molar-refractivity contribution in [3.8, 4) is 0 Å². The van der Waals surface area contributed by atoms with E-state index < -0.39 is 0 Å². The molecule has 3 atom stereocenters. The van der Waals surface area contributed by atoms with E-state index in [0.29, 0.717) is 12.5 Å². The minimum absolute atomic E-state index is 0. The van der Waals surface area contributed by atoms with E-state index in [-0.39, 0.29) is 41.8 Å². The largest absolute Gasteiger partial charge is 0.469 e. The SMILES string of the molecule is CN=C(NCC(C)c1cccs1)N1CC(C)C(C(=O)OC)C1.I. The van der Waals surface area contributed by atoms with Crippen molar-refractivity contribution >= 4 is 47.2 Å². The first kappa shape index (κ1) is 20.2. The second-order valence-corrected chi connectivity index (χ2v) is 6.84. The molecule has 0 aliphatic carbocycles. The molecule has 5 nitrogen and oxygen atoms in total. The predicted molar refractivity (Wildman–Crippen MR) is 106 cm³/mol. The number of likely N-dealkylation sites (tertiary alicyclic amines) is 1. The minimum atomic E-state index is -0.127. The summed E-state index contributed by atoms with van der Waals surface area (Å²) in [4.78, 5) is 19.7. The number of guanidine groups is 1. The van der Waals surface area contributed by atoms with Crippen molar-refractivity contribution in [2.75, 3.05) is 33.8 Å². The lowest BCUT2D eigenvalue weighted by Crippen LogP contribution is -2.41. The number of methoxy groups -OCH3 is 1. The Kier molecular flexibility index (Phi) is 8.32. The van der Waals surface area contributed by atoms with Crippen LogP contribution < -0.4 is 5.32 Å². The monoisotopic (exact) mass is 451 g/mol. The van der Waals surface area contributed by atoms with Crippen LogP contribution in [0.3, 0.4) is 0 Å². The third-order valence-electron chi connectivity index (χ3n) is 4.22. The summed E-state index contributed by atoms with van der Waals surface area (Å²) in [6.45, 7) is 6.62. The molecule has 0 bridgehead atoms.